The first-order valence-corrected chi connectivity index (χ1v) is 10.2. The van der Waals surface area contributed by atoms with Crippen molar-refractivity contribution in [1.29, 1.82) is 0 Å². The molecule has 0 aliphatic heterocycles. The van der Waals surface area contributed by atoms with Crippen LogP contribution in [0.2, 0.25) is 10.0 Å². The van der Waals surface area contributed by atoms with Gasteiger partial charge in [0.05, 0.1) is 31.2 Å². The van der Waals surface area contributed by atoms with Gasteiger partial charge in [-0.05, 0) is 49.2 Å². The van der Waals surface area contributed by atoms with Gasteiger partial charge in [-0.2, -0.15) is 0 Å². The van der Waals surface area contributed by atoms with Gasteiger partial charge in [-0.3, -0.25) is 0 Å². The normalized spacial score (nSPS) is 11.2. The molecule has 0 unspecified atom stereocenters. The summed E-state index contributed by atoms with van der Waals surface area (Å²) in [5.41, 5.74) is 12.1. The molecule has 0 saturated heterocycles. The van der Waals surface area contributed by atoms with Crippen molar-refractivity contribution in [3.8, 4) is 0 Å². The van der Waals surface area contributed by atoms with E-state index in [0.717, 1.165) is 0 Å². The van der Waals surface area contributed by atoms with Gasteiger partial charge < -0.3 is 20.6 Å². The molecule has 2 rings (SSSR count). The summed E-state index contributed by atoms with van der Waals surface area (Å²) >= 11 is 11.1. The van der Waals surface area contributed by atoms with E-state index < -0.39 is 30.0 Å². The number of nitrogens with two attached hydrogens (primary N) is 2. The molecule has 0 spiro atoms. The molecule has 0 amide bonds. The van der Waals surface area contributed by atoms with E-state index in [9.17, 15) is 25.9 Å². The van der Waals surface area contributed by atoms with E-state index in [1.54, 1.807) is 13.8 Å². The predicted molar refractivity (Wildman–Crippen MR) is 97.1 cm³/mol. The van der Waals surface area contributed by atoms with E-state index in [1.165, 1.54) is 24.3 Å². The van der Waals surface area contributed by atoms with Gasteiger partial charge in [-0.15, -0.1) is 0 Å². The van der Waals surface area contributed by atoms with Crippen molar-refractivity contribution in [2.75, 3.05) is 11.5 Å². The van der Waals surface area contributed by atoms with Crippen molar-refractivity contribution < 1.29 is 42.4 Å². The van der Waals surface area contributed by atoms with Crippen LogP contribution in [0.3, 0.4) is 0 Å². The molecule has 4 N–H and O–H groups in total. The number of halogens is 2. The summed E-state index contributed by atoms with van der Waals surface area (Å²) in [6, 6.07) is 5.38. The molecule has 0 radical (unpaired) electrons. The number of aryl methyl sites for hydroxylation is 2. The molecule has 0 bridgehead atoms. The van der Waals surface area contributed by atoms with Crippen molar-refractivity contribution >= 4 is 54.8 Å². The molecule has 152 valence electrons. The van der Waals surface area contributed by atoms with Gasteiger partial charge in [0.2, 0.25) is 0 Å². The summed E-state index contributed by atoms with van der Waals surface area (Å²) in [4.78, 5) is -0.932. The molecule has 2 aromatic rings. The number of benzene rings is 2. The molecule has 0 aliphatic rings. The molecule has 8 nitrogen and oxygen atoms in total. The Labute approximate surface area is 177 Å². The Hall–Kier alpha value is -1.07. The maximum atomic E-state index is 10.7. The monoisotopic (exact) mass is 498 g/mol. The second-order valence-corrected chi connectivity index (χ2v) is 8.69. The summed E-state index contributed by atoms with van der Waals surface area (Å²) in [5, 5.41) is -0.416. The van der Waals surface area contributed by atoms with E-state index in [-0.39, 0.29) is 37.9 Å². The first kappa shape index (κ1) is 25.9. The van der Waals surface area contributed by atoms with Crippen LogP contribution in [0.1, 0.15) is 11.1 Å². The Balaban J connectivity index is 0.000000483. The van der Waals surface area contributed by atoms with Crippen molar-refractivity contribution in [1.82, 2.24) is 0 Å². The van der Waals surface area contributed by atoms with Crippen LogP contribution in [-0.4, -0.2) is 25.9 Å². The van der Waals surface area contributed by atoms with E-state index in [2.05, 4.69) is 0 Å². The molecule has 0 fully saturated rings. The van der Waals surface area contributed by atoms with Crippen LogP contribution in [0.5, 0.6) is 0 Å². The van der Waals surface area contributed by atoms with Gasteiger partial charge in [0.1, 0.15) is 20.2 Å². The third-order valence-corrected chi connectivity index (χ3v) is 5.75. The molecular formula is C14H14Cl2N2NiO6S2. The van der Waals surface area contributed by atoms with Crippen LogP contribution in [0, 0.1) is 13.8 Å². The second kappa shape index (κ2) is 9.42. The Morgan fingerprint density at radius 1 is 0.741 bits per heavy atom. The van der Waals surface area contributed by atoms with Crippen molar-refractivity contribution in [3.63, 3.8) is 0 Å². The smallest absolute Gasteiger partial charge is 0.744 e. The topological polar surface area (TPSA) is 166 Å². The van der Waals surface area contributed by atoms with Gasteiger partial charge in [-0.1, -0.05) is 23.2 Å². The molecule has 13 heteroatoms. The summed E-state index contributed by atoms with van der Waals surface area (Å²) in [5.74, 6) is 0. The maximum absolute atomic E-state index is 10.7. The molecule has 0 heterocycles. The molecule has 0 aromatic heterocycles. The zero-order valence-corrected chi connectivity index (χ0v) is 17.9. The van der Waals surface area contributed by atoms with Crippen LogP contribution < -0.4 is 11.5 Å². The van der Waals surface area contributed by atoms with Gasteiger partial charge in [0.25, 0.3) is 0 Å². The van der Waals surface area contributed by atoms with Gasteiger partial charge in [0.15, 0.2) is 0 Å². The number of hydrogen-bond acceptors (Lipinski definition) is 8. The average Bonchev–Trinajstić information content (AvgIpc) is 2.45. The Kier molecular flexibility index (Phi) is 9.05. The molecule has 27 heavy (non-hydrogen) atoms. The maximum Gasteiger partial charge on any atom is 2.00 e. The van der Waals surface area contributed by atoms with Gasteiger partial charge in [0, 0.05) is 0 Å². The van der Waals surface area contributed by atoms with Crippen LogP contribution >= 0.6 is 23.2 Å². The molecule has 2 aromatic carbocycles. The molecule has 0 aliphatic carbocycles. The summed E-state index contributed by atoms with van der Waals surface area (Å²) in [7, 11) is -9.08. The number of hydrogen-bond donors (Lipinski definition) is 2. The van der Waals surface area contributed by atoms with Crippen LogP contribution in [0.4, 0.5) is 11.4 Å². The van der Waals surface area contributed by atoms with Gasteiger partial charge >= 0.3 is 16.5 Å². The Morgan fingerprint density at radius 3 is 1.22 bits per heavy atom. The third-order valence-electron chi connectivity index (χ3n) is 2.96. The SMILES string of the molecule is Cc1cc(N)c(Cl)c(S(=O)(=O)[O-])c1.Cc1cc(N)c(Cl)c(S(=O)(=O)[O-])c1.[Ni+2]. The van der Waals surface area contributed by atoms with Crippen LogP contribution in [0.25, 0.3) is 0 Å². The molecule has 0 atom stereocenters. The Bertz CT molecular complexity index is 974. The predicted octanol–water partition coefficient (Wildman–Crippen LogP) is 2.27. The minimum Gasteiger partial charge on any atom is -0.744 e. The van der Waals surface area contributed by atoms with Crippen molar-refractivity contribution in [2.24, 2.45) is 0 Å². The summed E-state index contributed by atoms with van der Waals surface area (Å²) in [6.45, 7) is 3.25. The fourth-order valence-electron chi connectivity index (χ4n) is 1.89. The minimum atomic E-state index is -4.54. The van der Waals surface area contributed by atoms with Gasteiger partial charge in [-0.25, -0.2) is 16.8 Å². The van der Waals surface area contributed by atoms with E-state index in [0.29, 0.717) is 11.1 Å². The number of nitrogen functional groups attached to an aromatic ring is 2. The van der Waals surface area contributed by atoms with E-state index in [1.807, 2.05) is 0 Å². The van der Waals surface area contributed by atoms with Crippen molar-refractivity contribution in [2.45, 2.75) is 23.6 Å². The number of anilines is 2. The fraction of sp³-hybridized carbons (Fsp3) is 0.143. The summed E-state index contributed by atoms with van der Waals surface area (Å²) in [6.07, 6.45) is 0. The van der Waals surface area contributed by atoms with Crippen LogP contribution in [0.15, 0.2) is 34.1 Å². The third kappa shape index (κ3) is 7.11. The molecule has 0 saturated carbocycles. The van der Waals surface area contributed by atoms with E-state index >= 15 is 0 Å². The fourth-order valence-corrected chi connectivity index (χ4v) is 4.01. The quantitative estimate of drug-likeness (QED) is 0.360. The van der Waals surface area contributed by atoms with Crippen LogP contribution in [-0.2, 0) is 36.7 Å². The van der Waals surface area contributed by atoms with Crippen molar-refractivity contribution in [3.05, 3.63) is 45.4 Å². The summed E-state index contributed by atoms with van der Waals surface area (Å²) < 4.78 is 64.0. The first-order valence-electron chi connectivity index (χ1n) is 6.67. The Morgan fingerprint density at radius 2 is 1.00 bits per heavy atom. The first-order chi connectivity index (χ1) is 11.6. The standard InChI is InChI=1S/2C7H8ClNO3S.Ni/c2*1-4-2-5(9)7(8)6(3-4)13(10,11)12;/h2*2-3H,9H2,1H3,(H,10,11,12);/q;;+2/p-2. The average molecular weight is 500 g/mol. The minimum absolute atomic E-state index is 0. The zero-order valence-electron chi connectivity index (χ0n) is 13.8. The number of rotatable bonds is 2. The zero-order chi connectivity index (χ0) is 20.4. The van der Waals surface area contributed by atoms with E-state index in [4.69, 9.17) is 34.7 Å². The largest absolute Gasteiger partial charge is 2.00 e. The second-order valence-electron chi connectivity index (χ2n) is 5.24. The molecular weight excluding hydrogens is 486 g/mol.